The van der Waals surface area contributed by atoms with Crippen molar-refractivity contribution in [1.82, 2.24) is 9.21 Å². The summed E-state index contributed by atoms with van der Waals surface area (Å²) in [4.78, 5) is 2.44. The van der Waals surface area contributed by atoms with Crippen LogP contribution in [0.5, 0.6) is 0 Å². The number of benzene rings is 1. The van der Waals surface area contributed by atoms with Gasteiger partial charge in [0.15, 0.2) is 0 Å². The third kappa shape index (κ3) is 4.03. The highest BCUT2D eigenvalue weighted by Gasteiger charge is 2.28. The highest BCUT2D eigenvalue weighted by Crippen LogP contribution is 2.23. The van der Waals surface area contributed by atoms with E-state index in [9.17, 15) is 8.42 Å². The zero-order valence-electron chi connectivity index (χ0n) is 12.8. The van der Waals surface area contributed by atoms with E-state index in [-0.39, 0.29) is 0 Å². The van der Waals surface area contributed by atoms with Gasteiger partial charge in [-0.2, -0.15) is 4.31 Å². The Labute approximate surface area is 127 Å². The van der Waals surface area contributed by atoms with Gasteiger partial charge < -0.3 is 10.6 Å². The summed E-state index contributed by atoms with van der Waals surface area (Å²) in [7, 11) is 0.625. The lowest BCUT2D eigenvalue weighted by molar-refractivity contribution is 0.278. The van der Waals surface area contributed by atoms with Crippen molar-refractivity contribution in [2.45, 2.75) is 24.3 Å². The summed E-state index contributed by atoms with van der Waals surface area (Å²) < 4.78 is 26.8. The predicted octanol–water partition coefficient (Wildman–Crippen LogP) is 1.11. The fourth-order valence-corrected chi connectivity index (χ4v) is 4.14. The van der Waals surface area contributed by atoms with Crippen LogP contribution in [0.15, 0.2) is 29.2 Å². The zero-order chi connectivity index (χ0) is 15.5. The minimum absolute atomic E-state index is 0.385. The summed E-state index contributed by atoms with van der Waals surface area (Å²) in [6.07, 6.45) is 1.71. The maximum Gasteiger partial charge on any atom is 0.243 e. The minimum atomic E-state index is -3.36. The molecule has 21 heavy (non-hydrogen) atoms. The van der Waals surface area contributed by atoms with E-state index >= 15 is 0 Å². The van der Waals surface area contributed by atoms with Crippen LogP contribution in [0.1, 0.15) is 18.4 Å². The molecule has 1 saturated heterocycles. The molecule has 0 aromatic heterocycles. The monoisotopic (exact) mass is 311 g/mol. The Bertz CT molecular complexity index is 547. The van der Waals surface area contributed by atoms with E-state index < -0.39 is 10.0 Å². The molecule has 1 aromatic rings. The van der Waals surface area contributed by atoms with Gasteiger partial charge in [-0.05, 0) is 57.1 Å². The molecule has 1 fully saturated rings. The standard InChI is InChI=1S/C15H25N3O2S/c1-17(2)12-14-3-5-15(6-4-14)21(19,20)18-9-7-13(11-16)8-10-18/h3-6,13H,7-12,16H2,1-2H3. The minimum Gasteiger partial charge on any atom is -0.330 e. The summed E-state index contributed by atoms with van der Waals surface area (Å²) in [6, 6.07) is 7.20. The normalized spacial score (nSPS) is 18.3. The van der Waals surface area contributed by atoms with Crippen LogP contribution in [0.2, 0.25) is 0 Å². The van der Waals surface area contributed by atoms with Crippen LogP contribution >= 0.6 is 0 Å². The van der Waals surface area contributed by atoms with E-state index in [4.69, 9.17) is 5.73 Å². The second-order valence-corrected chi connectivity index (χ2v) is 7.90. The average Bonchev–Trinajstić information content (AvgIpc) is 2.47. The predicted molar refractivity (Wildman–Crippen MR) is 84.4 cm³/mol. The second kappa shape index (κ2) is 6.87. The van der Waals surface area contributed by atoms with Crippen molar-refractivity contribution in [1.29, 1.82) is 0 Å². The van der Waals surface area contributed by atoms with Crippen molar-refractivity contribution in [2.24, 2.45) is 11.7 Å². The second-order valence-electron chi connectivity index (χ2n) is 5.96. The van der Waals surface area contributed by atoms with Crippen LogP contribution in [0, 0.1) is 5.92 Å². The summed E-state index contributed by atoms with van der Waals surface area (Å²) in [6.45, 7) is 2.60. The first kappa shape index (κ1) is 16.4. The Balaban J connectivity index is 2.09. The van der Waals surface area contributed by atoms with Crippen LogP contribution in [0.3, 0.4) is 0 Å². The van der Waals surface area contributed by atoms with E-state index in [1.807, 2.05) is 26.2 Å². The van der Waals surface area contributed by atoms with E-state index in [1.54, 1.807) is 16.4 Å². The van der Waals surface area contributed by atoms with E-state index in [1.165, 1.54) is 0 Å². The SMILES string of the molecule is CN(C)Cc1ccc(S(=O)(=O)N2CCC(CN)CC2)cc1. The summed E-state index contributed by atoms with van der Waals surface area (Å²) in [5.74, 6) is 0.457. The Morgan fingerprint density at radius 2 is 1.76 bits per heavy atom. The molecule has 6 heteroatoms. The molecular weight excluding hydrogens is 286 g/mol. The van der Waals surface area contributed by atoms with E-state index in [0.29, 0.717) is 30.4 Å². The molecule has 5 nitrogen and oxygen atoms in total. The topological polar surface area (TPSA) is 66.6 Å². The lowest BCUT2D eigenvalue weighted by atomic mass is 9.99. The highest BCUT2D eigenvalue weighted by molar-refractivity contribution is 7.89. The van der Waals surface area contributed by atoms with E-state index in [0.717, 1.165) is 24.9 Å². The Hall–Kier alpha value is -0.950. The summed E-state index contributed by atoms with van der Waals surface area (Å²) in [5.41, 5.74) is 6.77. The van der Waals surface area contributed by atoms with Crippen LogP contribution in [-0.2, 0) is 16.6 Å². The van der Waals surface area contributed by atoms with Crippen molar-refractivity contribution in [3.8, 4) is 0 Å². The summed E-state index contributed by atoms with van der Waals surface area (Å²) >= 11 is 0. The maximum atomic E-state index is 12.6. The van der Waals surface area contributed by atoms with Gasteiger partial charge >= 0.3 is 0 Å². The number of hydrogen-bond acceptors (Lipinski definition) is 4. The van der Waals surface area contributed by atoms with Gasteiger partial charge in [0.2, 0.25) is 10.0 Å². The van der Waals surface area contributed by atoms with Crippen molar-refractivity contribution in [3.63, 3.8) is 0 Å². The molecule has 1 aliphatic rings. The number of piperidine rings is 1. The van der Waals surface area contributed by atoms with Gasteiger partial charge in [0.05, 0.1) is 4.90 Å². The lowest BCUT2D eigenvalue weighted by Crippen LogP contribution is -2.40. The molecule has 0 saturated carbocycles. The quantitative estimate of drug-likeness (QED) is 0.884. The van der Waals surface area contributed by atoms with Gasteiger partial charge in [-0.25, -0.2) is 8.42 Å². The van der Waals surface area contributed by atoms with Crippen LogP contribution in [0.25, 0.3) is 0 Å². The molecule has 0 unspecified atom stereocenters. The number of sulfonamides is 1. The molecule has 1 aliphatic heterocycles. The molecule has 0 radical (unpaired) electrons. The molecule has 118 valence electrons. The summed E-state index contributed by atoms with van der Waals surface area (Å²) in [5, 5.41) is 0. The molecule has 0 atom stereocenters. The van der Waals surface area contributed by atoms with Gasteiger partial charge in [-0.1, -0.05) is 12.1 Å². The lowest BCUT2D eigenvalue weighted by Gasteiger charge is -2.30. The van der Waals surface area contributed by atoms with Crippen molar-refractivity contribution in [2.75, 3.05) is 33.7 Å². The van der Waals surface area contributed by atoms with Crippen LogP contribution in [0.4, 0.5) is 0 Å². The van der Waals surface area contributed by atoms with Crippen LogP contribution in [-0.4, -0.2) is 51.4 Å². The zero-order valence-corrected chi connectivity index (χ0v) is 13.6. The first-order chi connectivity index (χ1) is 9.93. The first-order valence-corrected chi connectivity index (χ1v) is 8.81. The van der Waals surface area contributed by atoms with Crippen molar-refractivity contribution >= 4 is 10.0 Å². The fraction of sp³-hybridized carbons (Fsp3) is 0.600. The van der Waals surface area contributed by atoms with Crippen molar-refractivity contribution < 1.29 is 8.42 Å². The fourth-order valence-electron chi connectivity index (χ4n) is 2.67. The largest absolute Gasteiger partial charge is 0.330 e. The van der Waals surface area contributed by atoms with Gasteiger partial charge in [-0.3, -0.25) is 0 Å². The number of rotatable bonds is 5. The number of nitrogens with two attached hydrogens (primary N) is 1. The molecule has 2 rings (SSSR count). The highest BCUT2D eigenvalue weighted by atomic mass is 32.2. The molecule has 0 amide bonds. The van der Waals surface area contributed by atoms with Gasteiger partial charge in [0.25, 0.3) is 0 Å². The average molecular weight is 311 g/mol. The molecule has 1 heterocycles. The third-order valence-electron chi connectivity index (χ3n) is 3.97. The maximum absolute atomic E-state index is 12.6. The Morgan fingerprint density at radius 3 is 2.24 bits per heavy atom. The molecule has 1 aromatic carbocycles. The number of hydrogen-bond donors (Lipinski definition) is 1. The molecule has 2 N–H and O–H groups in total. The number of nitrogens with zero attached hydrogens (tertiary/aromatic N) is 2. The first-order valence-electron chi connectivity index (χ1n) is 7.37. The smallest absolute Gasteiger partial charge is 0.243 e. The molecule has 0 spiro atoms. The van der Waals surface area contributed by atoms with Crippen LogP contribution < -0.4 is 5.73 Å². The molecule has 0 aliphatic carbocycles. The molecular formula is C15H25N3O2S. The Morgan fingerprint density at radius 1 is 1.19 bits per heavy atom. The third-order valence-corrected chi connectivity index (χ3v) is 5.88. The van der Waals surface area contributed by atoms with Gasteiger partial charge in [-0.15, -0.1) is 0 Å². The van der Waals surface area contributed by atoms with Gasteiger partial charge in [0, 0.05) is 19.6 Å². The van der Waals surface area contributed by atoms with Gasteiger partial charge in [0.1, 0.15) is 0 Å². The van der Waals surface area contributed by atoms with Crippen molar-refractivity contribution in [3.05, 3.63) is 29.8 Å². The Kier molecular flexibility index (Phi) is 5.37. The van der Waals surface area contributed by atoms with E-state index in [2.05, 4.69) is 4.90 Å². The molecule has 0 bridgehead atoms.